The van der Waals surface area contributed by atoms with Crippen molar-refractivity contribution in [2.24, 2.45) is 0 Å². The maximum Gasteiger partial charge on any atom is 0.425 e. The smallest absolute Gasteiger partial charge is 0.425 e. The SMILES string of the molecule is CCN1C(=CC=CC=CC2=[N+](CCCCCC(=O)NCc3ccc4c(c3)C(C)(C)C(=CC=CC=CC3=[N+](CCCCCC(=O)O)c5ccc(S(=O)(=O)O)cc5C3(C)C)N4CCCS(=O)(=O)[O-])c3ccc4c(S(=O)(=O)O)cccc4c3C2(C)C)C(C)(C)c2c1ccc1c(S(=O)(=O)[O-])cccc21.O=S(=O)=O.O=S(=O)=O. The molecule has 0 bridgehead atoms. The summed E-state index contributed by atoms with van der Waals surface area (Å²) in [5.74, 6) is -1.54. The number of anilines is 2. The summed E-state index contributed by atoms with van der Waals surface area (Å²) in [5, 5.41) is 14.5. The van der Waals surface area contributed by atoms with Crippen molar-refractivity contribution < 1.29 is 101 Å². The first-order valence-electron chi connectivity index (χ1n) is 34.6. The van der Waals surface area contributed by atoms with E-state index in [4.69, 9.17) is 25.3 Å². The van der Waals surface area contributed by atoms with E-state index >= 15 is 0 Å². The highest BCUT2D eigenvalue weighted by Crippen LogP contribution is 2.53. The van der Waals surface area contributed by atoms with Gasteiger partial charge in [0.05, 0.1) is 30.7 Å². The van der Waals surface area contributed by atoms with Gasteiger partial charge in [0.2, 0.25) is 17.3 Å². The van der Waals surface area contributed by atoms with Crippen molar-refractivity contribution in [1.29, 1.82) is 0 Å². The second-order valence-electron chi connectivity index (χ2n) is 28.4. The maximum absolute atomic E-state index is 13.6. The molecule has 6 aromatic carbocycles. The zero-order valence-corrected chi connectivity index (χ0v) is 65.9. The van der Waals surface area contributed by atoms with Gasteiger partial charge in [0.1, 0.15) is 28.1 Å². The van der Waals surface area contributed by atoms with Crippen LogP contribution in [0.4, 0.5) is 22.7 Å². The second kappa shape index (κ2) is 33.9. The molecular formula is C76H87N5O21S6. The summed E-state index contributed by atoms with van der Waals surface area (Å²) in [7, 11) is -24.5. The van der Waals surface area contributed by atoms with E-state index in [0.29, 0.717) is 85.3 Å². The first-order chi connectivity index (χ1) is 50.4. The van der Waals surface area contributed by atoms with Gasteiger partial charge < -0.3 is 29.3 Å². The number of amides is 1. The first kappa shape index (κ1) is 84.7. The van der Waals surface area contributed by atoms with Crippen LogP contribution in [0.2, 0.25) is 0 Å². The maximum atomic E-state index is 13.6. The molecule has 0 aliphatic carbocycles. The number of rotatable bonds is 28. The summed E-state index contributed by atoms with van der Waals surface area (Å²) in [6, 6.07) is 27.3. The predicted octanol–water partition coefficient (Wildman–Crippen LogP) is 11.2. The summed E-state index contributed by atoms with van der Waals surface area (Å²) >= 11 is 0. The van der Waals surface area contributed by atoms with E-state index in [9.17, 15) is 66.6 Å². The van der Waals surface area contributed by atoms with Crippen LogP contribution < -0.4 is 15.1 Å². The molecule has 32 heteroatoms. The molecule has 10 rings (SSSR count). The van der Waals surface area contributed by atoms with Gasteiger partial charge in [0.15, 0.2) is 11.4 Å². The van der Waals surface area contributed by atoms with Crippen molar-refractivity contribution >= 4 is 129 Å². The van der Waals surface area contributed by atoms with Gasteiger partial charge in [-0.1, -0.05) is 107 Å². The Morgan fingerprint density at radius 2 is 1.04 bits per heavy atom. The van der Waals surface area contributed by atoms with Crippen LogP contribution in [-0.2, 0) is 99.5 Å². The molecule has 0 atom stereocenters. The molecule has 0 aromatic heterocycles. The van der Waals surface area contributed by atoms with Gasteiger partial charge in [-0.15, -0.1) is 25.3 Å². The number of carbonyl (C=O) groups excluding carboxylic acids is 1. The van der Waals surface area contributed by atoms with Crippen LogP contribution in [-0.4, -0.2) is 147 Å². The molecule has 0 saturated heterocycles. The van der Waals surface area contributed by atoms with E-state index in [1.165, 1.54) is 24.3 Å². The number of hydrogen-bond acceptors (Lipinski definition) is 20. The van der Waals surface area contributed by atoms with Crippen LogP contribution >= 0.6 is 0 Å². The van der Waals surface area contributed by atoms with Crippen LogP contribution in [0.25, 0.3) is 21.5 Å². The molecule has 0 radical (unpaired) electrons. The average Bonchev–Trinajstić information content (AvgIpc) is 1.56. The fraction of sp³-hybridized carbons (Fsp3) is 0.368. The normalized spacial score (nSPS) is 17.1. The number of nitrogens with one attached hydrogen (secondary N) is 1. The van der Waals surface area contributed by atoms with Crippen molar-refractivity contribution in [2.75, 3.05) is 41.7 Å². The van der Waals surface area contributed by atoms with Crippen molar-refractivity contribution in [2.45, 2.75) is 163 Å². The Labute approximate surface area is 633 Å². The fourth-order valence-electron chi connectivity index (χ4n) is 15.2. The van der Waals surface area contributed by atoms with Gasteiger partial charge in [0.25, 0.3) is 20.2 Å². The molecule has 0 unspecified atom stereocenters. The highest BCUT2D eigenvalue weighted by Gasteiger charge is 2.48. The Balaban J connectivity index is 0.00000175. The van der Waals surface area contributed by atoms with Crippen molar-refractivity contribution in [3.05, 3.63) is 197 Å². The van der Waals surface area contributed by atoms with E-state index in [-0.39, 0.29) is 52.9 Å². The van der Waals surface area contributed by atoms with E-state index in [2.05, 4.69) is 67.0 Å². The molecule has 1 amide bonds. The third-order valence-electron chi connectivity index (χ3n) is 20.0. The number of nitrogens with zero attached hydrogens (tertiary/aromatic N) is 4. The van der Waals surface area contributed by atoms with Gasteiger partial charge >= 0.3 is 27.2 Å². The Bertz CT molecular complexity index is 5540. The number of benzene rings is 6. The molecule has 0 saturated carbocycles. The number of unbranched alkanes of at least 4 members (excludes halogenated alkanes) is 4. The molecule has 26 nitrogen and oxygen atoms in total. The molecule has 0 fully saturated rings. The summed E-state index contributed by atoms with van der Waals surface area (Å²) in [6.07, 6.45) is 23.7. The average molecular weight is 1600 g/mol. The van der Waals surface area contributed by atoms with Crippen molar-refractivity contribution in [3.63, 3.8) is 0 Å². The lowest BCUT2D eigenvalue weighted by Gasteiger charge is -2.27. The Morgan fingerprint density at radius 3 is 1.59 bits per heavy atom. The molecule has 108 heavy (non-hydrogen) atoms. The number of carboxylic acid groups (broad SMARTS) is 1. The minimum Gasteiger partial charge on any atom is -0.748 e. The van der Waals surface area contributed by atoms with E-state index in [0.717, 1.165) is 67.8 Å². The molecule has 4 N–H and O–H groups in total. The number of carbonyl (C=O) groups is 2. The molecule has 6 aromatic rings. The van der Waals surface area contributed by atoms with Crippen molar-refractivity contribution in [1.82, 2.24) is 5.32 Å². The summed E-state index contributed by atoms with van der Waals surface area (Å²) < 4.78 is 197. The predicted molar refractivity (Wildman–Crippen MR) is 408 cm³/mol. The van der Waals surface area contributed by atoms with Crippen LogP contribution in [0.15, 0.2) is 184 Å². The first-order valence-corrected chi connectivity index (χ1v) is 42.5. The van der Waals surface area contributed by atoms with E-state index < -0.39 is 95.1 Å². The lowest BCUT2D eigenvalue weighted by atomic mass is 9.79. The number of hydrogen-bond donors (Lipinski definition) is 4. The van der Waals surface area contributed by atoms with Crippen molar-refractivity contribution in [3.8, 4) is 0 Å². The summed E-state index contributed by atoms with van der Waals surface area (Å²) in [6.45, 7) is 20.7. The number of fused-ring (bicyclic) bond motifs is 8. The monoisotopic (exact) mass is 1600 g/mol. The molecule has 4 aliphatic rings. The highest BCUT2D eigenvalue weighted by molar-refractivity contribution is 7.86. The third kappa shape index (κ3) is 19.4. The zero-order chi connectivity index (χ0) is 79.9. The second-order valence-corrected chi connectivity index (χ2v) is 34.9. The Kier molecular flexibility index (Phi) is 26.6. The minimum absolute atomic E-state index is 0.0543. The largest absolute Gasteiger partial charge is 0.748 e. The number of allylic oxidation sites excluding steroid dienone is 12. The van der Waals surface area contributed by atoms with Gasteiger partial charge in [0, 0.05) is 125 Å². The van der Waals surface area contributed by atoms with Crippen LogP contribution in [0, 0.1) is 0 Å². The van der Waals surface area contributed by atoms with Gasteiger partial charge in [-0.3, -0.25) is 18.7 Å². The number of likely N-dealkylation sites (N-methyl/N-ethyl adjacent to an activating group) is 1. The zero-order valence-electron chi connectivity index (χ0n) is 61.0. The number of aliphatic carboxylic acids is 1. The minimum atomic E-state index is -4.73. The van der Waals surface area contributed by atoms with Gasteiger partial charge in [-0.25, -0.2) is 16.8 Å². The van der Waals surface area contributed by atoms with Crippen LogP contribution in [0.1, 0.15) is 148 Å². The molecule has 4 aliphatic heterocycles. The van der Waals surface area contributed by atoms with Gasteiger partial charge in [-0.05, 0) is 154 Å². The Morgan fingerprint density at radius 1 is 0.519 bits per heavy atom. The molecule has 4 heterocycles. The molecule has 0 spiro atoms. The standard InChI is InChI=1S/C76H87N5O15S4.2O3S/c1-10-78-61-42-38-53-55(26-23-28-63(53)99(91,92)93)71(61)75(6,7)67(78)32-17-12-18-33-68-76(8,9)72-56-27-24-29-64(100(94,95)96)54(56)39-43-62(72)81(68)45-21-13-19-34-69(82)77-50-51-36-40-59-57(48-51)73(2,3)65(80(59)46-25-47-97(85,86)87)30-15-11-16-31-66-74(4,5)58-49-52(98(88,89)90)37-41-60(58)79(66)44-22-14-20-35-70(83)84;2*1-4(2)3/h11-12,15-18,23-24,26-33,36-43,48-49H,10,13-14,19-22,25,34-35,44-47,50H2,1-9H3,(H4-2,77,82,83,84,85,86,87,88,89,90,91,92,93,94,95,96);;. The topological polar surface area (TPSA) is 404 Å². The lowest BCUT2D eigenvalue weighted by molar-refractivity contribution is -0.438. The highest BCUT2D eigenvalue weighted by atomic mass is 32.2. The summed E-state index contributed by atoms with van der Waals surface area (Å²) in [4.78, 5) is 28.4. The van der Waals surface area contributed by atoms with Gasteiger partial charge in [-0.2, -0.15) is 26.0 Å². The molecular weight excluding hydrogens is 1510 g/mol. The summed E-state index contributed by atoms with van der Waals surface area (Å²) in [5.41, 5.74) is 8.92. The Hall–Kier alpha value is -8.96. The van der Waals surface area contributed by atoms with E-state index in [1.807, 2.05) is 123 Å². The van der Waals surface area contributed by atoms with E-state index in [1.54, 1.807) is 30.3 Å². The number of carboxylic acids is 1. The van der Waals surface area contributed by atoms with Crippen LogP contribution in [0.3, 0.4) is 0 Å². The molecule has 578 valence electrons. The fourth-order valence-corrected chi connectivity index (χ4v) is 17.6. The lowest BCUT2D eigenvalue weighted by Crippen LogP contribution is -2.28. The van der Waals surface area contributed by atoms with Crippen LogP contribution in [0.5, 0.6) is 0 Å². The quantitative estimate of drug-likeness (QED) is 0.0153. The third-order valence-corrected chi connectivity index (χ3v) is 23.4.